The lowest BCUT2D eigenvalue weighted by atomic mass is 10.0. The molecule has 7 nitrogen and oxygen atoms in total. The predicted octanol–water partition coefficient (Wildman–Crippen LogP) is 0.844. The molecule has 1 aromatic heterocycles. The molecule has 2 aromatic rings. The van der Waals surface area contributed by atoms with Crippen LogP contribution in [0.1, 0.15) is 29.6 Å². The summed E-state index contributed by atoms with van der Waals surface area (Å²) in [6, 6.07) is 7.58. The first-order chi connectivity index (χ1) is 11.8. The average molecular weight is 329 g/mol. The number of benzene rings is 1. The van der Waals surface area contributed by atoms with Gasteiger partial charge in [-0.05, 0) is 37.6 Å². The van der Waals surface area contributed by atoms with Crippen molar-refractivity contribution >= 4 is 5.91 Å². The average Bonchev–Trinajstić information content (AvgIpc) is 3.17. The molecule has 1 aliphatic rings. The Morgan fingerprint density at radius 3 is 2.92 bits per heavy atom. The summed E-state index contributed by atoms with van der Waals surface area (Å²) in [7, 11) is 0. The van der Waals surface area contributed by atoms with E-state index in [0.717, 1.165) is 31.6 Å². The van der Waals surface area contributed by atoms with Gasteiger partial charge in [-0.3, -0.25) is 14.3 Å². The number of piperidine rings is 1. The Bertz CT molecular complexity index is 659. The quantitative estimate of drug-likeness (QED) is 0.821. The second-order valence-electron chi connectivity index (χ2n) is 6.04. The Labute approximate surface area is 141 Å². The summed E-state index contributed by atoms with van der Waals surface area (Å²) in [6.07, 6.45) is 6.56. The largest absolute Gasteiger partial charge is 0.395 e. The van der Waals surface area contributed by atoms with E-state index in [4.69, 9.17) is 0 Å². The molecule has 0 bridgehead atoms. The van der Waals surface area contributed by atoms with Gasteiger partial charge in [0.25, 0.3) is 5.91 Å². The molecule has 1 aromatic carbocycles. The molecule has 0 spiro atoms. The number of hydrogen-bond donors (Lipinski definition) is 2. The van der Waals surface area contributed by atoms with Gasteiger partial charge in [0.2, 0.25) is 0 Å². The van der Waals surface area contributed by atoms with Crippen molar-refractivity contribution in [3.8, 4) is 5.69 Å². The van der Waals surface area contributed by atoms with Gasteiger partial charge in [-0.15, -0.1) is 10.2 Å². The number of carbonyl (C=O) groups is 1. The number of likely N-dealkylation sites (tertiary alicyclic amines) is 1. The SMILES string of the molecule is O=C(NCCN1CCCC[C@H]1CO)c1cccc(-n2cnnc2)c1. The Hall–Kier alpha value is -2.25. The van der Waals surface area contributed by atoms with Crippen LogP contribution in [0.25, 0.3) is 5.69 Å². The highest BCUT2D eigenvalue weighted by Crippen LogP contribution is 2.15. The molecule has 2 N–H and O–H groups in total. The Balaban J connectivity index is 1.54. The highest BCUT2D eigenvalue weighted by atomic mass is 16.3. The maximum Gasteiger partial charge on any atom is 0.251 e. The van der Waals surface area contributed by atoms with Gasteiger partial charge >= 0.3 is 0 Å². The van der Waals surface area contributed by atoms with E-state index in [2.05, 4.69) is 20.4 Å². The maximum absolute atomic E-state index is 12.3. The van der Waals surface area contributed by atoms with Gasteiger partial charge in [0, 0.05) is 30.4 Å². The predicted molar refractivity (Wildman–Crippen MR) is 90.0 cm³/mol. The number of aliphatic hydroxyl groups excluding tert-OH is 1. The molecule has 1 amide bonds. The fraction of sp³-hybridized carbons (Fsp3) is 0.471. The van der Waals surface area contributed by atoms with E-state index >= 15 is 0 Å². The molecule has 0 unspecified atom stereocenters. The number of hydrogen-bond acceptors (Lipinski definition) is 5. The van der Waals surface area contributed by atoms with Crippen LogP contribution in [0.5, 0.6) is 0 Å². The molecule has 1 aliphatic heterocycles. The van der Waals surface area contributed by atoms with Gasteiger partial charge in [-0.2, -0.15) is 0 Å². The minimum Gasteiger partial charge on any atom is -0.395 e. The van der Waals surface area contributed by atoms with Crippen LogP contribution in [-0.4, -0.2) is 63.0 Å². The first-order valence-electron chi connectivity index (χ1n) is 8.36. The van der Waals surface area contributed by atoms with Crippen LogP contribution in [0.15, 0.2) is 36.9 Å². The molecule has 3 rings (SSSR count). The van der Waals surface area contributed by atoms with Crippen LogP contribution in [0.3, 0.4) is 0 Å². The highest BCUT2D eigenvalue weighted by Gasteiger charge is 2.21. The minimum absolute atomic E-state index is 0.0949. The third-order valence-electron chi connectivity index (χ3n) is 4.47. The van der Waals surface area contributed by atoms with E-state index in [0.29, 0.717) is 12.1 Å². The molecular weight excluding hydrogens is 306 g/mol. The van der Waals surface area contributed by atoms with Crippen LogP contribution in [0, 0.1) is 0 Å². The molecule has 24 heavy (non-hydrogen) atoms. The Kier molecular flexibility index (Phi) is 5.55. The number of nitrogens with zero attached hydrogens (tertiary/aromatic N) is 4. The maximum atomic E-state index is 12.3. The van der Waals surface area contributed by atoms with Gasteiger partial charge in [0.15, 0.2) is 0 Å². The molecule has 7 heteroatoms. The first kappa shape index (κ1) is 16.6. The van der Waals surface area contributed by atoms with Crippen molar-refractivity contribution < 1.29 is 9.90 Å². The molecule has 1 atom stereocenters. The molecule has 0 aliphatic carbocycles. The topological polar surface area (TPSA) is 83.3 Å². The van der Waals surface area contributed by atoms with E-state index < -0.39 is 0 Å². The van der Waals surface area contributed by atoms with Crippen molar-refractivity contribution in [2.24, 2.45) is 0 Å². The number of aromatic nitrogens is 3. The molecule has 1 fully saturated rings. The van der Waals surface area contributed by atoms with Crippen LogP contribution < -0.4 is 5.32 Å². The smallest absolute Gasteiger partial charge is 0.251 e. The van der Waals surface area contributed by atoms with Gasteiger partial charge in [-0.25, -0.2) is 0 Å². The number of rotatable bonds is 6. The van der Waals surface area contributed by atoms with Crippen molar-refractivity contribution in [3.05, 3.63) is 42.5 Å². The number of amides is 1. The number of nitrogens with one attached hydrogen (secondary N) is 1. The van der Waals surface area contributed by atoms with Gasteiger partial charge in [0.05, 0.1) is 6.61 Å². The van der Waals surface area contributed by atoms with E-state index in [1.54, 1.807) is 23.3 Å². The lowest BCUT2D eigenvalue weighted by Gasteiger charge is -2.34. The van der Waals surface area contributed by atoms with Crippen molar-refractivity contribution in [3.63, 3.8) is 0 Å². The summed E-state index contributed by atoms with van der Waals surface area (Å²) in [6.45, 7) is 2.52. The first-order valence-corrected chi connectivity index (χ1v) is 8.36. The van der Waals surface area contributed by atoms with E-state index in [9.17, 15) is 9.90 Å². The highest BCUT2D eigenvalue weighted by molar-refractivity contribution is 5.94. The zero-order valence-electron chi connectivity index (χ0n) is 13.6. The summed E-state index contributed by atoms with van der Waals surface area (Å²) in [5.41, 5.74) is 1.46. The summed E-state index contributed by atoms with van der Waals surface area (Å²) in [5, 5.41) is 19.9. The van der Waals surface area contributed by atoms with Gasteiger partial charge in [0.1, 0.15) is 12.7 Å². The number of aliphatic hydroxyl groups is 1. The minimum atomic E-state index is -0.0949. The molecule has 2 heterocycles. The molecule has 1 saturated heterocycles. The second-order valence-corrected chi connectivity index (χ2v) is 6.04. The van der Waals surface area contributed by atoms with Gasteiger partial charge < -0.3 is 10.4 Å². The van der Waals surface area contributed by atoms with Gasteiger partial charge in [-0.1, -0.05) is 12.5 Å². The molecular formula is C17H23N5O2. The molecule has 0 saturated carbocycles. The number of carbonyl (C=O) groups excluding carboxylic acids is 1. The van der Waals surface area contributed by atoms with E-state index in [1.807, 2.05) is 18.2 Å². The summed E-state index contributed by atoms with van der Waals surface area (Å²) < 4.78 is 1.76. The zero-order chi connectivity index (χ0) is 16.8. The van der Waals surface area contributed by atoms with E-state index in [1.165, 1.54) is 6.42 Å². The summed E-state index contributed by atoms with van der Waals surface area (Å²) in [5.74, 6) is -0.0949. The Morgan fingerprint density at radius 1 is 1.29 bits per heavy atom. The summed E-state index contributed by atoms with van der Waals surface area (Å²) >= 11 is 0. The van der Waals surface area contributed by atoms with Crippen LogP contribution in [0.2, 0.25) is 0 Å². The third kappa shape index (κ3) is 3.98. The lowest BCUT2D eigenvalue weighted by Crippen LogP contribution is -2.45. The monoisotopic (exact) mass is 329 g/mol. The van der Waals surface area contributed by atoms with Crippen molar-refractivity contribution in [2.75, 3.05) is 26.2 Å². The van der Waals surface area contributed by atoms with Crippen molar-refractivity contribution in [2.45, 2.75) is 25.3 Å². The molecule has 0 radical (unpaired) electrons. The van der Waals surface area contributed by atoms with Crippen LogP contribution in [0.4, 0.5) is 0 Å². The van der Waals surface area contributed by atoms with Crippen molar-refractivity contribution in [1.82, 2.24) is 25.0 Å². The third-order valence-corrected chi connectivity index (χ3v) is 4.47. The molecule has 128 valence electrons. The van der Waals surface area contributed by atoms with E-state index in [-0.39, 0.29) is 18.6 Å². The van der Waals surface area contributed by atoms with Crippen molar-refractivity contribution in [1.29, 1.82) is 0 Å². The second kappa shape index (κ2) is 8.03. The zero-order valence-corrected chi connectivity index (χ0v) is 13.6. The van der Waals surface area contributed by atoms with Crippen LogP contribution >= 0.6 is 0 Å². The Morgan fingerprint density at radius 2 is 2.12 bits per heavy atom. The van der Waals surface area contributed by atoms with Crippen LogP contribution in [-0.2, 0) is 0 Å². The standard InChI is InChI=1S/C17H23N5O2/c23-11-16-5-1-2-8-21(16)9-7-18-17(24)14-4-3-6-15(10-14)22-12-19-20-13-22/h3-4,6,10,12-13,16,23H,1-2,5,7-9,11H2,(H,18,24)/t16-/m0/s1. The normalized spacial score (nSPS) is 18.5. The fourth-order valence-electron chi connectivity index (χ4n) is 3.12. The lowest BCUT2D eigenvalue weighted by molar-refractivity contribution is 0.0849. The summed E-state index contributed by atoms with van der Waals surface area (Å²) in [4.78, 5) is 14.6. The fourth-order valence-corrected chi connectivity index (χ4v) is 3.12.